The first-order valence-corrected chi connectivity index (χ1v) is 12.4. The molecule has 3 aromatic carbocycles. The molecule has 0 unspecified atom stereocenters. The van der Waals surface area contributed by atoms with Crippen molar-refractivity contribution in [2.75, 3.05) is 24.0 Å². The normalized spacial score (nSPS) is 14.4. The Morgan fingerprint density at radius 3 is 2.37 bits per heavy atom. The second-order valence-electron chi connectivity index (χ2n) is 7.94. The molecule has 3 aromatic rings. The molecule has 0 bridgehead atoms. The first-order valence-electron chi connectivity index (χ1n) is 11.0. The van der Waals surface area contributed by atoms with Crippen LogP contribution in [0.5, 0.6) is 5.75 Å². The van der Waals surface area contributed by atoms with Gasteiger partial charge in [0.2, 0.25) is 5.91 Å². The number of aliphatic hydroxyl groups excluding tert-OH is 1. The third kappa shape index (κ3) is 5.97. The van der Waals surface area contributed by atoms with Crippen molar-refractivity contribution in [3.63, 3.8) is 0 Å². The maximum Gasteiger partial charge on any atom is 0.326 e. The molecule has 1 heterocycles. The summed E-state index contributed by atoms with van der Waals surface area (Å²) in [6.07, 6.45) is 0.178. The highest BCUT2D eigenvalue weighted by Gasteiger charge is 2.36. The lowest BCUT2D eigenvalue weighted by Gasteiger charge is -2.20. The van der Waals surface area contributed by atoms with E-state index in [4.69, 9.17) is 9.84 Å². The van der Waals surface area contributed by atoms with E-state index in [1.54, 1.807) is 12.1 Å². The van der Waals surface area contributed by atoms with Gasteiger partial charge in [-0.3, -0.25) is 9.59 Å². The molecule has 0 radical (unpaired) electrons. The molecule has 10 heteroatoms. The highest BCUT2D eigenvalue weighted by Crippen LogP contribution is 2.36. The van der Waals surface area contributed by atoms with Gasteiger partial charge in [-0.25, -0.2) is 9.03 Å². The molecule has 1 aliphatic rings. The fourth-order valence-corrected chi connectivity index (χ4v) is 4.82. The predicted octanol–water partition coefficient (Wildman–Crippen LogP) is 1.76. The van der Waals surface area contributed by atoms with E-state index in [9.17, 15) is 18.0 Å². The summed E-state index contributed by atoms with van der Waals surface area (Å²) in [6.45, 7) is -0.0219. The fourth-order valence-electron chi connectivity index (χ4n) is 3.67. The monoisotopic (exact) mass is 495 g/mol. The summed E-state index contributed by atoms with van der Waals surface area (Å²) in [5.74, 6) is -0.478. The molecule has 1 fully saturated rings. The van der Waals surface area contributed by atoms with Crippen LogP contribution in [0.25, 0.3) is 11.1 Å². The number of ether oxygens (including phenoxy) is 1. The molecule has 1 saturated heterocycles. The van der Waals surface area contributed by atoms with Crippen LogP contribution in [0.1, 0.15) is 11.1 Å². The number of anilines is 1. The average Bonchev–Trinajstić information content (AvgIpc) is 3.14. The Hall–Kier alpha value is -3.89. The van der Waals surface area contributed by atoms with Gasteiger partial charge in [0.25, 0.3) is 5.91 Å². The molecule has 3 N–H and O–H groups in total. The number of nitrogens with one attached hydrogen (secondary N) is 2. The molecular weight excluding hydrogens is 470 g/mol. The molecule has 0 atom stereocenters. The molecular formula is C25H25N3O6S. The Morgan fingerprint density at radius 1 is 1.00 bits per heavy atom. The summed E-state index contributed by atoms with van der Waals surface area (Å²) in [7, 11) is -4.03. The summed E-state index contributed by atoms with van der Waals surface area (Å²) in [6, 6.07) is 21.9. The van der Waals surface area contributed by atoms with Gasteiger partial charge in [-0.15, -0.1) is 0 Å². The molecule has 0 aliphatic carbocycles. The summed E-state index contributed by atoms with van der Waals surface area (Å²) in [5, 5.41) is 11.4. The quantitative estimate of drug-likeness (QED) is 0.416. The van der Waals surface area contributed by atoms with Gasteiger partial charge in [-0.1, -0.05) is 60.7 Å². The zero-order valence-corrected chi connectivity index (χ0v) is 19.6. The van der Waals surface area contributed by atoms with Crippen LogP contribution in [0.4, 0.5) is 5.69 Å². The predicted molar refractivity (Wildman–Crippen MR) is 131 cm³/mol. The summed E-state index contributed by atoms with van der Waals surface area (Å²) >= 11 is 0. The molecule has 9 nitrogen and oxygen atoms in total. The van der Waals surface area contributed by atoms with Crippen LogP contribution >= 0.6 is 0 Å². The number of carbonyl (C=O) groups is 2. The summed E-state index contributed by atoms with van der Waals surface area (Å²) in [5.41, 5.74) is 3.49. The fraction of sp³-hybridized carbons (Fsp3) is 0.200. The lowest BCUT2D eigenvalue weighted by molar-refractivity contribution is -0.120. The molecule has 182 valence electrons. The van der Waals surface area contributed by atoms with Crippen molar-refractivity contribution >= 4 is 27.7 Å². The van der Waals surface area contributed by atoms with E-state index in [1.165, 1.54) is 0 Å². The first-order chi connectivity index (χ1) is 16.9. The minimum atomic E-state index is -4.03. The van der Waals surface area contributed by atoms with E-state index < -0.39 is 16.1 Å². The van der Waals surface area contributed by atoms with E-state index in [0.29, 0.717) is 5.75 Å². The number of hydrogen-bond donors (Lipinski definition) is 3. The second-order valence-corrected chi connectivity index (χ2v) is 9.54. The van der Waals surface area contributed by atoms with E-state index in [0.717, 1.165) is 26.6 Å². The van der Waals surface area contributed by atoms with Gasteiger partial charge in [0.05, 0.1) is 18.7 Å². The Bertz CT molecular complexity index is 1310. The summed E-state index contributed by atoms with van der Waals surface area (Å²) in [4.78, 5) is 23.7. The standard InChI is InChI=1S/C25H25N3O6S/c29-13-12-26-24(30)14-18-6-8-20(9-7-18)21-10-11-23(34-17-19-4-2-1-3-5-19)22(15-21)28-16-25(31)27-35(28,32)33/h1-11,15,29H,12-14,16-17H2,(H,26,30)(H,27,31). The van der Waals surface area contributed by atoms with Gasteiger partial charge in [-0.05, 0) is 34.4 Å². The SMILES string of the molecule is O=C(Cc1ccc(-c2ccc(OCc3ccccc3)c(N3CC(=O)NS3(=O)=O)c2)cc1)NCCO. The zero-order valence-electron chi connectivity index (χ0n) is 18.8. The van der Waals surface area contributed by atoms with Crippen LogP contribution in [0.3, 0.4) is 0 Å². The molecule has 4 rings (SSSR count). The number of nitrogens with zero attached hydrogens (tertiary/aromatic N) is 1. The van der Waals surface area contributed by atoms with Crippen LogP contribution < -0.4 is 19.1 Å². The van der Waals surface area contributed by atoms with Crippen LogP contribution in [-0.2, 0) is 32.8 Å². The number of carbonyl (C=O) groups excluding carboxylic acids is 2. The Kier molecular flexibility index (Phi) is 7.33. The molecule has 0 aromatic heterocycles. The number of hydrogen-bond acceptors (Lipinski definition) is 6. The van der Waals surface area contributed by atoms with E-state index in [1.807, 2.05) is 65.4 Å². The van der Waals surface area contributed by atoms with Crippen LogP contribution in [0.2, 0.25) is 0 Å². The number of rotatable bonds is 9. The van der Waals surface area contributed by atoms with Crippen molar-refractivity contribution in [3.05, 3.63) is 83.9 Å². The first kappa shape index (κ1) is 24.2. The van der Waals surface area contributed by atoms with Gasteiger partial charge < -0.3 is 15.2 Å². The highest BCUT2D eigenvalue weighted by molar-refractivity contribution is 7.92. The van der Waals surface area contributed by atoms with Crippen molar-refractivity contribution in [2.24, 2.45) is 0 Å². The maximum atomic E-state index is 12.6. The second kappa shape index (κ2) is 10.6. The Morgan fingerprint density at radius 2 is 1.71 bits per heavy atom. The van der Waals surface area contributed by atoms with E-state index in [2.05, 4.69) is 5.32 Å². The molecule has 0 spiro atoms. The topological polar surface area (TPSA) is 125 Å². The largest absolute Gasteiger partial charge is 0.487 e. The van der Waals surface area contributed by atoms with Gasteiger partial charge in [0.15, 0.2) is 0 Å². The van der Waals surface area contributed by atoms with Crippen molar-refractivity contribution in [1.29, 1.82) is 0 Å². The van der Waals surface area contributed by atoms with Crippen molar-refractivity contribution in [2.45, 2.75) is 13.0 Å². The Balaban J connectivity index is 1.61. The number of benzene rings is 3. The minimum Gasteiger partial charge on any atom is -0.487 e. The Labute approximate surface area is 203 Å². The maximum absolute atomic E-state index is 12.6. The lowest BCUT2D eigenvalue weighted by atomic mass is 10.0. The zero-order chi connectivity index (χ0) is 24.8. The average molecular weight is 496 g/mol. The van der Waals surface area contributed by atoms with Gasteiger partial charge in [0.1, 0.15) is 18.9 Å². The van der Waals surface area contributed by atoms with Crippen molar-refractivity contribution < 1.29 is 27.9 Å². The molecule has 1 aliphatic heterocycles. The van der Waals surface area contributed by atoms with Crippen LogP contribution in [-0.4, -0.2) is 45.0 Å². The van der Waals surface area contributed by atoms with E-state index in [-0.39, 0.29) is 44.3 Å². The van der Waals surface area contributed by atoms with E-state index >= 15 is 0 Å². The third-order valence-electron chi connectivity index (χ3n) is 5.37. The smallest absolute Gasteiger partial charge is 0.326 e. The minimum absolute atomic E-state index is 0.119. The molecule has 0 saturated carbocycles. The van der Waals surface area contributed by atoms with Crippen molar-refractivity contribution in [3.8, 4) is 16.9 Å². The molecule has 35 heavy (non-hydrogen) atoms. The van der Waals surface area contributed by atoms with Gasteiger partial charge in [-0.2, -0.15) is 8.42 Å². The van der Waals surface area contributed by atoms with Gasteiger partial charge >= 0.3 is 10.2 Å². The number of amides is 2. The number of aliphatic hydroxyl groups is 1. The molecule has 2 amide bonds. The lowest BCUT2D eigenvalue weighted by Crippen LogP contribution is -2.29. The van der Waals surface area contributed by atoms with Crippen LogP contribution in [0, 0.1) is 0 Å². The third-order valence-corrected chi connectivity index (χ3v) is 6.76. The summed E-state index contributed by atoms with van der Waals surface area (Å²) < 4.78 is 34.0. The van der Waals surface area contributed by atoms with Crippen LogP contribution in [0.15, 0.2) is 72.8 Å². The highest BCUT2D eigenvalue weighted by atomic mass is 32.2. The van der Waals surface area contributed by atoms with Crippen molar-refractivity contribution in [1.82, 2.24) is 10.0 Å². The van der Waals surface area contributed by atoms with Gasteiger partial charge in [0, 0.05) is 6.54 Å².